The first-order valence-electron chi connectivity index (χ1n) is 17.3. The number of benzene rings is 1. The van der Waals surface area contributed by atoms with E-state index in [1.165, 1.54) is 0 Å². The van der Waals surface area contributed by atoms with Crippen molar-refractivity contribution in [1.29, 1.82) is 0 Å². The Bertz CT molecular complexity index is 1290. The van der Waals surface area contributed by atoms with Gasteiger partial charge in [-0.1, -0.05) is 52.2 Å². The van der Waals surface area contributed by atoms with E-state index in [2.05, 4.69) is 13.2 Å². The maximum Gasteiger partial charge on any atom is 0.248 e. The Morgan fingerprint density at radius 2 is 1.74 bits per heavy atom. The lowest BCUT2D eigenvalue weighted by atomic mass is 9.64. The van der Waals surface area contributed by atoms with E-state index in [4.69, 9.17) is 9.47 Å². The normalized spacial score (nSPS) is 29.5. The number of ether oxygens (including phenoxy) is 2. The summed E-state index contributed by atoms with van der Waals surface area (Å²) in [5.41, 5.74) is -1.37. The molecule has 4 fully saturated rings. The zero-order chi connectivity index (χ0) is 33.2. The summed E-state index contributed by atoms with van der Waals surface area (Å²) in [5.74, 6) is -1.68. The molecule has 4 aliphatic rings. The van der Waals surface area contributed by atoms with Crippen molar-refractivity contribution in [2.75, 3.05) is 31.2 Å². The van der Waals surface area contributed by atoms with Gasteiger partial charge in [-0.05, 0) is 69.2 Å². The Hall–Kier alpha value is -3.17. The number of hydrogen-bond acceptors (Lipinski definition) is 6. The summed E-state index contributed by atoms with van der Waals surface area (Å²) in [6.07, 6.45) is 10.1. The largest absolute Gasteiger partial charge is 0.494 e. The molecular formula is C37H53N3O6. The molecule has 0 radical (unpaired) electrons. The van der Waals surface area contributed by atoms with Gasteiger partial charge in [-0.15, -0.1) is 13.2 Å². The number of aliphatic hydroxyl groups excluding tert-OH is 1. The highest BCUT2D eigenvalue weighted by Gasteiger charge is 2.79. The van der Waals surface area contributed by atoms with Gasteiger partial charge in [0.2, 0.25) is 17.7 Å². The molecule has 1 spiro atoms. The summed E-state index contributed by atoms with van der Waals surface area (Å²) < 4.78 is 12.7. The Morgan fingerprint density at radius 3 is 2.30 bits per heavy atom. The van der Waals surface area contributed by atoms with Gasteiger partial charge in [0.15, 0.2) is 0 Å². The van der Waals surface area contributed by atoms with Gasteiger partial charge in [0.1, 0.15) is 17.4 Å². The zero-order valence-electron chi connectivity index (χ0n) is 28.2. The minimum Gasteiger partial charge on any atom is -0.494 e. The molecule has 252 valence electrons. The molecule has 6 atom stereocenters. The first-order valence-corrected chi connectivity index (χ1v) is 17.3. The SMILES string of the molecule is C=CCN(C(=O)[C@H]1[C@H]2C(=O)N([C@@H](CO)C(C)C)C(C(=O)N(CC=C)C3CCCCC3)C23CC[C@]1(CC)O3)c1ccc(OCC)cc1. The third-order valence-electron chi connectivity index (χ3n) is 11.1. The average Bonchev–Trinajstić information content (AvgIpc) is 3.67. The molecule has 3 amide bonds. The molecule has 2 unspecified atom stereocenters. The van der Waals surface area contributed by atoms with E-state index in [1.54, 1.807) is 22.0 Å². The molecule has 2 bridgehead atoms. The minimum absolute atomic E-state index is 0.0530. The molecule has 0 aromatic heterocycles. The zero-order valence-corrected chi connectivity index (χ0v) is 28.2. The van der Waals surface area contributed by atoms with Crippen molar-refractivity contribution < 1.29 is 29.0 Å². The van der Waals surface area contributed by atoms with Crippen LogP contribution in [0.2, 0.25) is 0 Å². The predicted molar refractivity (Wildman–Crippen MR) is 178 cm³/mol. The predicted octanol–water partition coefficient (Wildman–Crippen LogP) is 5.12. The maximum absolute atomic E-state index is 15.0. The molecular weight excluding hydrogens is 582 g/mol. The molecule has 1 aromatic rings. The van der Waals surface area contributed by atoms with Gasteiger partial charge >= 0.3 is 0 Å². The summed E-state index contributed by atoms with van der Waals surface area (Å²) in [6, 6.07) is 5.89. The van der Waals surface area contributed by atoms with Crippen molar-refractivity contribution in [3.05, 3.63) is 49.6 Å². The standard InChI is InChI=1S/C37H53N3O6/c1-7-22-38(27-16-18-28(19-17-27)45-10-4)33(42)30-31-34(43)40(29(24-41)25(5)6)32(37(31)21-20-36(30,9-3)46-37)35(44)39(23-8-2)26-14-12-11-13-15-26/h7-8,16-19,25-26,29-32,41H,1-2,9-15,20-24H2,3-6H3/t29-,30+,31-,32?,36-,37?/m0/s1. The van der Waals surface area contributed by atoms with Crippen LogP contribution in [0.4, 0.5) is 5.69 Å². The smallest absolute Gasteiger partial charge is 0.248 e. The molecule has 1 aromatic carbocycles. The summed E-state index contributed by atoms with van der Waals surface area (Å²) in [7, 11) is 0. The highest BCUT2D eigenvalue weighted by Crippen LogP contribution is 2.65. The molecule has 46 heavy (non-hydrogen) atoms. The van der Waals surface area contributed by atoms with E-state index in [-0.39, 0.29) is 42.8 Å². The second-order valence-corrected chi connectivity index (χ2v) is 13.8. The van der Waals surface area contributed by atoms with Crippen LogP contribution < -0.4 is 9.64 Å². The number of fused-ring (bicyclic) bond motifs is 1. The van der Waals surface area contributed by atoms with Crippen molar-refractivity contribution in [3.63, 3.8) is 0 Å². The Morgan fingerprint density at radius 1 is 1.07 bits per heavy atom. The highest BCUT2D eigenvalue weighted by atomic mass is 16.5. The fourth-order valence-corrected chi connectivity index (χ4v) is 8.90. The fraction of sp³-hybridized carbons (Fsp3) is 0.649. The van der Waals surface area contributed by atoms with Crippen LogP contribution in [-0.2, 0) is 19.1 Å². The molecule has 9 heteroatoms. The van der Waals surface area contributed by atoms with E-state index < -0.39 is 35.1 Å². The fourth-order valence-electron chi connectivity index (χ4n) is 8.90. The number of carbonyl (C=O) groups excluding carboxylic acids is 3. The van der Waals surface area contributed by atoms with Crippen LogP contribution in [0, 0.1) is 17.8 Å². The van der Waals surface area contributed by atoms with E-state index in [0.717, 1.165) is 32.1 Å². The van der Waals surface area contributed by atoms with Gasteiger partial charge in [-0.2, -0.15) is 0 Å². The highest BCUT2D eigenvalue weighted by molar-refractivity contribution is 6.03. The van der Waals surface area contributed by atoms with Crippen molar-refractivity contribution >= 4 is 23.4 Å². The monoisotopic (exact) mass is 635 g/mol. The summed E-state index contributed by atoms with van der Waals surface area (Å²) >= 11 is 0. The van der Waals surface area contributed by atoms with E-state index in [0.29, 0.717) is 43.9 Å². The molecule has 9 nitrogen and oxygen atoms in total. The summed E-state index contributed by atoms with van der Waals surface area (Å²) in [6.45, 7) is 16.6. The maximum atomic E-state index is 15.0. The molecule has 1 saturated carbocycles. The summed E-state index contributed by atoms with van der Waals surface area (Å²) in [5, 5.41) is 10.7. The second-order valence-electron chi connectivity index (χ2n) is 13.8. The number of amides is 3. The number of carbonyl (C=O) groups is 3. The van der Waals surface area contributed by atoms with Gasteiger partial charge < -0.3 is 29.3 Å². The summed E-state index contributed by atoms with van der Waals surface area (Å²) in [4.78, 5) is 49.9. The van der Waals surface area contributed by atoms with Crippen LogP contribution >= 0.6 is 0 Å². The molecule has 5 rings (SSSR count). The molecule has 1 aliphatic carbocycles. The first kappa shape index (κ1) is 34.2. The van der Waals surface area contributed by atoms with Crippen LogP contribution in [0.15, 0.2) is 49.6 Å². The molecule has 3 saturated heterocycles. The Labute approximate surface area is 274 Å². The van der Waals surface area contributed by atoms with E-state index >= 15 is 0 Å². The first-order chi connectivity index (χ1) is 22.1. The van der Waals surface area contributed by atoms with Crippen LogP contribution in [0.1, 0.15) is 79.1 Å². The lowest BCUT2D eigenvalue weighted by molar-refractivity contribution is -0.158. The number of anilines is 1. The Balaban J connectivity index is 1.60. The van der Waals surface area contributed by atoms with Crippen molar-refractivity contribution in [3.8, 4) is 5.75 Å². The number of nitrogens with zero attached hydrogens (tertiary/aromatic N) is 3. The van der Waals surface area contributed by atoms with Crippen LogP contribution in [0.3, 0.4) is 0 Å². The van der Waals surface area contributed by atoms with Gasteiger partial charge in [0, 0.05) is 24.8 Å². The quantitative estimate of drug-likeness (QED) is 0.285. The lowest BCUT2D eigenvalue weighted by Gasteiger charge is -2.43. The number of likely N-dealkylation sites (tertiary alicyclic amines) is 1. The molecule has 3 aliphatic heterocycles. The van der Waals surface area contributed by atoms with E-state index in [1.807, 2.05) is 56.9 Å². The molecule has 1 N–H and O–H groups in total. The van der Waals surface area contributed by atoms with Crippen molar-refractivity contribution in [2.45, 2.75) is 108 Å². The van der Waals surface area contributed by atoms with Gasteiger partial charge in [0.25, 0.3) is 0 Å². The number of hydrogen-bond donors (Lipinski definition) is 1. The van der Waals surface area contributed by atoms with Crippen molar-refractivity contribution in [2.24, 2.45) is 17.8 Å². The van der Waals surface area contributed by atoms with Gasteiger partial charge in [-0.25, -0.2) is 0 Å². The molecule has 3 heterocycles. The number of rotatable bonds is 14. The minimum atomic E-state index is -1.17. The second kappa shape index (κ2) is 13.9. The van der Waals surface area contributed by atoms with Crippen LogP contribution in [-0.4, -0.2) is 88.3 Å². The van der Waals surface area contributed by atoms with E-state index in [9.17, 15) is 19.5 Å². The van der Waals surface area contributed by atoms with Crippen LogP contribution in [0.5, 0.6) is 5.75 Å². The van der Waals surface area contributed by atoms with Gasteiger partial charge in [-0.3, -0.25) is 14.4 Å². The topological polar surface area (TPSA) is 99.6 Å². The Kier molecular flexibility index (Phi) is 10.3. The third kappa shape index (κ3) is 5.57. The number of aliphatic hydroxyl groups is 1. The lowest BCUT2D eigenvalue weighted by Crippen LogP contribution is -2.61. The van der Waals surface area contributed by atoms with Crippen molar-refractivity contribution in [1.82, 2.24) is 9.80 Å². The third-order valence-corrected chi connectivity index (χ3v) is 11.1. The van der Waals surface area contributed by atoms with Crippen LogP contribution in [0.25, 0.3) is 0 Å². The average molecular weight is 636 g/mol. The van der Waals surface area contributed by atoms with Gasteiger partial charge in [0.05, 0.1) is 36.7 Å².